The molecule has 0 fully saturated rings. The lowest BCUT2D eigenvalue weighted by atomic mass is 10.4. The van der Waals surface area contributed by atoms with Gasteiger partial charge in [0.05, 0.1) is 5.69 Å². The molecule has 1 N–H and O–H groups in total. The number of nitrogens with zero attached hydrogens (tertiary/aromatic N) is 1. The summed E-state index contributed by atoms with van der Waals surface area (Å²) in [7, 11) is 0. The zero-order chi connectivity index (χ0) is 11.9. The molecule has 0 aromatic carbocycles. The molecule has 0 radical (unpaired) electrons. The van der Waals surface area contributed by atoms with E-state index in [4.69, 9.17) is 9.90 Å². The zero-order valence-corrected chi connectivity index (χ0v) is 7.53. The molecule has 1 aromatic rings. The quantitative estimate of drug-likeness (QED) is 0.788. The molecule has 15 heavy (non-hydrogen) atoms. The number of alkyl halides is 3. The maximum Gasteiger partial charge on any atom is 0.490 e. The molecule has 0 aliphatic rings. The lowest BCUT2D eigenvalue weighted by Crippen LogP contribution is -2.21. The third-order valence-corrected chi connectivity index (χ3v) is 1.14. The van der Waals surface area contributed by atoms with Crippen molar-refractivity contribution in [3.8, 4) is 0 Å². The van der Waals surface area contributed by atoms with E-state index in [9.17, 15) is 13.2 Å². The molecule has 1 heterocycles. The summed E-state index contributed by atoms with van der Waals surface area (Å²) in [6.07, 6.45) is -1.61. The van der Waals surface area contributed by atoms with E-state index in [0.29, 0.717) is 0 Å². The van der Waals surface area contributed by atoms with Gasteiger partial charge in [-0.05, 0) is 18.2 Å². The first-order chi connectivity index (χ1) is 6.88. The van der Waals surface area contributed by atoms with Crippen LogP contribution in [-0.4, -0.2) is 22.2 Å². The van der Waals surface area contributed by atoms with Crippen LogP contribution in [0.1, 0.15) is 5.69 Å². The highest BCUT2D eigenvalue weighted by molar-refractivity contribution is 5.73. The van der Waals surface area contributed by atoms with Crippen molar-refractivity contribution in [1.29, 1.82) is 0 Å². The molecule has 0 bridgehead atoms. The Labute approximate surface area is 83.9 Å². The van der Waals surface area contributed by atoms with Gasteiger partial charge in [-0.2, -0.15) is 13.2 Å². The normalized spacial score (nSPS) is 9.80. The first kappa shape index (κ1) is 13.2. The van der Waals surface area contributed by atoms with Crippen LogP contribution in [0.15, 0.2) is 31.0 Å². The van der Waals surface area contributed by atoms with Gasteiger partial charge in [0.1, 0.15) is 0 Å². The number of aromatic nitrogens is 1. The van der Waals surface area contributed by atoms with Crippen LogP contribution in [0.5, 0.6) is 0 Å². The minimum Gasteiger partial charge on any atom is -0.475 e. The largest absolute Gasteiger partial charge is 0.490 e. The first-order valence-corrected chi connectivity index (χ1v) is 3.71. The van der Waals surface area contributed by atoms with Crippen LogP contribution in [0.25, 0.3) is 6.08 Å². The molecule has 1 rings (SSSR count). The summed E-state index contributed by atoms with van der Waals surface area (Å²) < 4.78 is 31.7. The Morgan fingerprint density at radius 3 is 2.20 bits per heavy atom. The number of aliphatic carboxylic acids is 1. The summed E-state index contributed by atoms with van der Waals surface area (Å²) in [5, 5.41) is 7.12. The highest BCUT2D eigenvalue weighted by Crippen LogP contribution is 2.13. The van der Waals surface area contributed by atoms with E-state index < -0.39 is 12.1 Å². The van der Waals surface area contributed by atoms with Crippen LogP contribution in [0.2, 0.25) is 0 Å². The summed E-state index contributed by atoms with van der Waals surface area (Å²) in [5.74, 6) is -2.76. The van der Waals surface area contributed by atoms with E-state index in [1.807, 2.05) is 18.2 Å². The number of rotatable bonds is 1. The number of hydrogen-bond donors (Lipinski definition) is 1. The van der Waals surface area contributed by atoms with Crippen molar-refractivity contribution in [1.82, 2.24) is 4.98 Å². The molecule has 6 heteroatoms. The topological polar surface area (TPSA) is 50.2 Å². The van der Waals surface area contributed by atoms with Crippen molar-refractivity contribution in [3.05, 3.63) is 36.7 Å². The monoisotopic (exact) mass is 219 g/mol. The van der Waals surface area contributed by atoms with Crippen molar-refractivity contribution in [2.45, 2.75) is 6.18 Å². The van der Waals surface area contributed by atoms with E-state index in [1.165, 1.54) is 0 Å². The second-order valence-electron chi connectivity index (χ2n) is 2.26. The van der Waals surface area contributed by atoms with Gasteiger partial charge in [0.2, 0.25) is 0 Å². The zero-order valence-electron chi connectivity index (χ0n) is 7.53. The Bertz CT molecular complexity index is 322. The smallest absolute Gasteiger partial charge is 0.475 e. The van der Waals surface area contributed by atoms with Crippen LogP contribution < -0.4 is 0 Å². The Hall–Kier alpha value is -1.85. The molecule has 0 amide bonds. The molecule has 1 aromatic heterocycles. The fraction of sp³-hybridized carbons (Fsp3) is 0.111. The van der Waals surface area contributed by atoms with Gasteiger partial charge < -0.3 is 5.11 Å². The lowest BCUT2D eigenvalue weighted by Gasteiger charge is -1.93. The van der Waals surface area contributed by atoms with E-state index in [0.717, 1.165) is 5.69 Å². The highest BCUT2D eigenvalue weighted by atomic mass is 19.4. The summed E-state index contributed by atoms with van der Waals surface area (Å²) >= 11 is 0. The fourth-order valence-electron chi connectivity index (χ4n) is 0.497. The molecule has 0 saturated carbocycles. The third-order valence-electron chi connectivity index (χ3n) is 1.14. The minimum atomic E-state index is -5.08. The molecule has 0 spiro atoms. The Morgan fingerprint density at radius 2 is 2.00 bits per heavy atom. The first-order valence-electron chi connectivity index (χ1n) is 3.71. The summed E-state index contributed by atoms with van der Waals surface area (Å²) in [4.78, 5) is 12.9. The second kappa shape index (κ2) is 5.79. The van der Waals surface area contributed by atoms with Crippen molar-refractivity contribution in [2.24, 2.45) is 0 Å². The lowest BCUT2D eigenvalue weighted by molar-refractivity contribution is -0.192. The van der Waals surface area contributed by atoms with Gasteiger partial charge in [0.25, 0.3) is 0 Å². The standard InChI is InChI=1S/C7H7N.C2HF3O2/c1-2-7-5-3-4-6-8-7;3-2(4,5)1(6)7/h2-6H,1H2;(H,6,7). The van der Waals surface area contributed by atoms with E-state index in [1.54, 1.807) is 12.3 Å². The van der Waals surface area contributed by atoms with E-state index in [2.05, 4.69) is 11.6 Å². The second-order valence-corrected chi connectivity index (χ2v) is 2.26. The Kier molecular flexibility index (Phi) is 5.08. The summed E-state index contributed by atoms with van der Waals surface area (Å²) in [6, 6.07) is 5.73. The number of pyridine rings is 1. The van der Waals surface area contributed by atoms with Gasteiger partial charge in [-0.3, -0.25) is 4.98 Å². The van der Waals surface area contributed by atoms with Gasteiger partial charge in [-0.25, -0.2) is 4.79 Å². The number of carbonyl (C=O) groups is 1. The molecule has 3 nitrogen and oxygen atoms in total. The predicted molar refractivity (Wildman–Crippen MR) is 48.0 cm³/mol. The van der Waals surface area contributed by atoms with Crippen LogP contribution in [-0.2, 0) is 4.79 Å². The molecular formula is C9H8F3NO2. The van der Waals surface area contributed by atoms with Crippen molar-refractivity contribution >= 4 is 12.0 Å². The number of carboxylic acids is 1. The predicted octanol–water partition coefficient (Wildman–Crippen LogP) is 2.36. The van der Waals surface area contributed by atoms with Gasteiger partial charge in [-0.1, -0.05) is 12.6 Å². The molecule has 0 atom stereocenters. The maximum absolute atomic E-state index is 10.6. The summed E-state index contributed by atoms with van der Waals surface area (Å²) in [5.41, 5.74) is 0.924. The molecule has 0 saturated heterocycles. The van der Waals surface area contributed by atoms with Crippen molar-refractivity contribution in [3.63, 3.8) is 0 Å². The maximum atomic E-state index is 10.6. The molecule has 82 valence electrons. The number of carboxylic acid groups (broad SMARTS) is 1. The average molecular weight is 219 g/mol. The Morgan fingerprint density at radius 1 is 1.47 bits per heavy atom. The van der Waals surface area contributed by atoms with E-state index >= 15 is 0 Å². The van der Waals surface area contributed by atoms with Crippen LogP contribution in [0.3, 0.4) is 0 Å². The van der Waals surface area contributed by atoms with Crippen LogP contribution >= 0.6 is 0 Å². The van der Waals surface area contributed by atoms with Crippen LogP contribution in [0, 0.1) is 0 Å². The van der Waals surface area contributed by atoms with Gasteiger partial charge in [0, 0.05) is 6.20 Å². The highest BCUT2D eigenvalue weighted by Gasteiger charge is 2.38. The summed E-state index contributed by atoms with van der Waals surface area (Å²) in [6.45, 7) is 3.57. The third kappa shape index (κ3) is 6.25. The SMILES string of the molecule is C=Cc1ccccn1.O=C(O)C(F)(F)F. The van der Waals surface area contributed by atoms with Crippen molar-refractivity contribution in [2.75, 3.05) is 0 Å². The minimum absolute atomic E-state index is 0.924. The molecular weight excluding hydrogens is 211 g/mol. The van der Waals surface area contributed by atoms with Gasteiger partial charge >= 0.3 is 12.1 Å². The molecule has 0 aliphatic carbocycles. The molecule has 0 aliphatic heterocycles. The average Bonchev–Trinajstić information content (AvgIpc) is 2.18. The number of hydrogen-bond acceptors (Lipinski definition) is 2. The van der Waals surface area contributed by atoms with Crippen molar-refractivity contribution < 1.29 is 23.1 Å². The fourth-order valence-corrected chi connectivity index (χ4v) is 0.497. The van der Waals surface area contributed by atoms with Gasteiger partial charge in [0.15, 0.2) is 0 Å². The van der Waals surface area contributed by atoms with E-state index in [-0.39, 0.29) is 0 Å². The van der Waals surface area contributed by atoms with Crippen LogP contribution in [0.4, 0.5) is 13.2 Å². The molecule has 0 unspecified atom stereocenters. The van der Waals surface area contributed by atoms with Gasteiger partial charge in [-0.15, -0.1) is 0 Å². The number of halogens is 3. The Balaban J connectivity index is 0.000000265.